The SMILES string of the molecule is CNCC(OC(C)(C)C)c1ccc(OC)cc1. The normalized spacial score (nSPS) is 13.5. The van der Waals surface area contributed by atoms with Gasteiger partial charge in [0.1, 0.15) is 5.75 Å². The minimum Gasteiger partial charge on any atom is -0.497 e. The lowest BCUT2D eigenvalue weighted by Crippen LogP contribution is -2.28. The van der Waals surface area contributed by atoms with Crippen molar-refractivity contribution in [3.05, 3.63) is 29.8 Å². The van der Waals surface area contributed by atoms with Gasteiger partial charge >= 0.3 is 0 Å². The molecule has 3 nitrogen and oxygen atoms in total. The molecule has 0 heterocycles. The van der Waals surface area contributed by atoms with E-state index in [1.165, 1.54) is 0 Å². The average molecular weight is 237 g/mol. The third kappa shape index (κ3) is 4.75. The minimum atomic E-state index is -0.151. The summed E-state index contributed by atoms with van der Waals surface area (Å²) in [5, 5.41) is 3.16. The first-order valence-corrected chi connectivity index (χ1v) is 5.92. The van der Waals surface area contributed by atoms with Crippen LogP contribution in [0.3, 0.4) is 0 Å². The van der Waals surface area contributed by atoms with E-state index in [9.17, 15) is 0 Å². The van der Waals surface area contributed by atoms with Crippen LogP contribution in [0.25, 0.3) is 0 Å². The van der Waals surface area contributed by atoms with Crippen LogP contribution in [0.4, 0.5) is 0 Å². The van der Waals surface area contributed by atoms with Crippen LogP contribution in [0.1, 0.15) is 32.4 Å². The van der Waals surface area contributed by atoms with Crippen molar-refractivity contribution in [3.8, 4) is 5.75 Å². The Kier molecular flexibility index (Phi) is 4.97. The molecule has 0 saturated heterocycles. The van der Waals surface area contributed by atoms with Crippen LogP contribution in [0.2, 0.25) is 0 Å². The number of nitrogens with one attached hydrogen (secondary N) is 1. The fraction of sp³-hybridized carbons (Fsp3) is 0.571. The van der Waals surface area contributed by atoms with Crippen molar-refractivity contribution >= 4 is 0 Å². The summed E-state index contributed by atoms with van der Waals surface area (Å²) in [6.45, 7) is 7.00. The maximum absolute atomic E-state index is 6.03. The first-order valence-electron chi connectivity index (χ1n) is 5.92. The molecule has 1 aromatic rings. The zero-order valence-electron chi connectivity index (χ0n) is 11.4. The third-order valence-corrected chi connectivity index (χ3v) is 2.37. The Labute approximate surface area is 104 Å². The smallest absolute Gasteiger partial charge is 0.118 e. The minimum absolute atomic E-state index is 0.0610. The highest BCUT2D eigenvalue weighted by atomic mass is 16.5. The van der Waals surface area contributed by atoms with E-state index in [0.29, 0.717) is 0 Å². The van der Waals surface area contributed by atoms with Crippen molar-refractivity contribution in [1.82, 2.24) is 5.32 Å². The fourth-order valence-corrected chi connectivity index (χ4v) is 1.66. The quantitative estimate of drug-likeness (QED) is 0.854. The summed E-state index contributed by atoms with van der Waals surface area (Å²) < 4.78 is 11.2. The van der Waals surface area contributed by atoms with Crippen molar-refractivity contribution in [3.63, 3.8) is 0 Å². The Hall–Kier alpha value is -1.06. The van der Waals surface area contributed by atoms with Crippen molar-refractivity contribution in [2.45, 2.75) is 32.5 Å². The van der Waals surface area contributed by atoms with Crippen LogP contribution in [-0.4, -0.2) is 26.3 Å². The van der Waals surface area contributed by atoms with Crippen LogP contribution < -0.4 is 10.1 Å². The Morgan fingerprint density at radius 2 is 1.76 bits per heavy atom. The lowest BCUT2D eigenvalue weighted by molar-refractivity contribution is -0.0599. The number of rotatable bonds is 5. The number of hydrogen-bond acceptors (Lipinski definition) is 3. The molecule has 1 atom stereocenters. The van der Waals surface area contributed by atoms with E-state index in [4.69, 9.17) is 9.47 Å². The standard InChI is InChI=1S/C14H23NO2/c1-14(2,3)17-13(10-15-4)11-6-8-12(16-5)9-7-11/h6-9,13,15H,10H2,1-5H3. The van der Waals surface area contributed by atoms with Gasteiger partial charge in [0.2, 0.25) is 0 Å². The molecule has 0 aromatic heterocycles. The second kappa shape index (κ2) is 6.03. The van der Waals surface area contributed by atoms with Gasteiger partial charge in [-0.05, 0) is 45.5 Å². The predicted molar refractivity (Wildman–Crippen MR) is 70.5 cm³/mol. The molecule has 0 spiro atoms. The number of likely N-dealkylation sites (N-methyl/N-ethyl adjacent to an activating group) is 1. The molecule has 0 fully saturated rings. The molecule has 17 heavy (non-hydrogen) atoms. The summed E-state index contributed by atoms with van der Waals surface area (Å²) in [5.41, 5.74) is 1.01. The summed E-state index contributed by atoms with van der Waals surface area (Å²) in [6, 6.07) is 8.02. The molecule has 1 N–H and O–H groups in total. The number of methoxy groups -OCH3 is 1. The Morgan fingerprint density at radius 3 is 2.18 bits per heavy atom. The molecule has 1 unspecified atom stereocenters. The van der Waals surface area contributed by atoms with Gasteiger partial charge in [-0.25, -0.2) is 0 Å². The van der Waals surface area contributed by atoms with Gasteiger partial charge in [-0.15, -0.1) is 0 Å². The van der Waals surface area contributed by atoms with E-state index in [-0.39, 0.29) is 11.7 Å². The van der Waals surface area contributed by atoms with E-state index >= 15 is 0 Å². The molecule has 1 aromatic carbocycles. The van der Waals surface area contributed by atoms with Crippen LogP contribution in [0.5, 0.6) is 5.75 Å². The van der Waals surface area contributed by atoms with E-state index in [1.54, 1.807) is 7.11 Å². The van der Waals surface area contributed by atoms with Gasteiger partial charge in [-0.3, -0.25) is 0 Å². The highest BCUT2D eigenvalue weighted by Crippen LogP contribution is 2.25. The molecule has 0 saturated carbocycles. The van der Waals surface area contributed by atoms with Crippen LogP contribution >= 0.6 is 0 Å². The summed E-state index contributed by atoms with van der Waals surface area (Å²) >= 11 is 0. The monoisotopic (exact) mass is 237 g/mol. The summed E-state index contributed by atoms with van der Waals surface area (Å²) in [4.78, 5) is 0. The van der Waals surface area contributed by atoms with Gasteiger partial charge in [-0.1, -0.05) is 12.1 Å². The molecular formula is C14H23NO2. The van der Waals surface area contributed by atoms with Crippen LogP contribution in [0.15, 0.2) is 24.3 Å². The molecule has 3 heteroatoms. The topological polar surface area (TPSA) is 30.5 Å². The first-order chi connectivity index (χ1) is 7.96. The Balaban J connectivity index is 2.81. The Morgan fingerprint density at radius 1 is 1.18 bits per heavy atom. The molecule has 0 aliphatic heterocycles. The zero-order chi connectivity index (χ0) is 12.9. The van der Waals surface area contributed by atoms with Crippen molar-refractivity contribution in [1.29, 1.82) is 0 Å². The van der Waals surface area contributed by atoms with E-state index in [0.717, 1.165) is 17.9 Å². The van der Waals surface area contributed by atoms with Gasteiger partial charge in [0.05, 0.1) is 18.8 Å². The van der Waals surface area contributed by atoms with Gasteiger partial charge in [-0.2, -0.15) is 0 Å². The van der Waals surface area contributed by atoms with Gasteiger partial charge in [0.25, 0.3) is 0 Å². The molecule has 96 valence electrons. The average Bonchev–Trinajstić information content (AvgIpc) is 2.27. The number of benzene rings is 1. The largest absolute Gasteiger partial charge is 0.497 e. The van der Waals surface area contributed by atoms with E-state index in [1.807, 2.05) is 31.3 Å². The molecule has 1 rings (SSSR count). The number of ether oxygens (including phenoxy) is 2. The van der Waals surface area contributed by atoms with Gasteiger partial charge in [0, 0.05) is 6.54 Å². The van der Waals surface area contributed by atoms with E-state index in [2.05, 4.69) is 26.1 Å². The molecular weight excluding hydrogens is 214 g/mol. The highest BCUT2D eigenvalue weighted by molar-refractivity contribution is 5.28. The highest BCUT2D eigenvalue weighted by Gasteiger charge is 2.19. The summed E-state index contributed by atoms with van der Waals surface area (Å²) in [7, 11) is 3.61. The maximum atomic E-state index is 6.03. The summed E-state index contributed by atoms with van der Waals surface area (Å²) in [6.07, 6.45) is 0.0610. The molecule has 0 aliphatic carbocycles. The van der Waals surface area contributed by atoms with Crippen LogP contribution in [-0.2, 0) is 4.74 Å². The predicted octanol–water partition coefficient (Wildman–Crippen LogP) is 2.77. The van der Waals surface area contributed by atoms with Crippen molar-refractivity contribution < 1.29 is 9.47 Å². The van der Waals surface area contributed by atoms with Crippen molar-refractivity contribution in [2.75, 3.05) is 20.7 Å². The lowest BCUT2D eigenvalue weighted by Gasteiger charge is -2.28. The lowest BCUT2D eigenvalue weighted by atomic mass is 10.1. The molecule has 0 amide bonds. The van der Waals surface area contributed by atoms with Crippen molar-refractivity contribution in [2.24, 2.45) is 0 Å². The summed E-state index contributed by atoms with van der Waals surface area (Å²) in [5.74, 6) is 0.868. The first kappa shape index (κ1) is 14.0. The van der Waals surface area contributed by atoms with Gasteiger partial charge < -0.3 is 14.8 Å². The zero-order valence-corrected chi connectivity index (χ0v) is 11.4. The van der Waals surface area contributed by atoms with Gasteiger partial charge in [0.15, 0.2) is 0 Å². The Bertz CT molecular complexity index is 327. The molecule has 0 bridgehead atoms. The fourth-order valence-electron chi connectivity index (χ4n) is 1.66. The number of hydrogen-bond donors (Lipinski definition) is 1. The van der Waals surface area contributed by atoms with E-state index < -0.39 is 0 Å². The maximum Gasteiger partial charge on any atom is 0.118 e. The second-order valence-electron chi connectivity index (χ2n) is 5.05. The molecule has 0 aliphatic rings. The molecule has 0 radical (unpaired) electrons. The second-order valence-corrected chi connectivity index (χ2v) is 5.05. The third-order valence-electron chi connectivity index (χ3n) is 2.37. The van der Waals surface area contributed by atoms with Crippen LogP contribution in [0, 0.1) is 0 Å².